The molecule has 17 heavy (non-hydrogen) atoms. The van der Waals surface area contributed by atoms with E-state index in [9.17, 15) is 0 Å². The fraction of sp³-hybridized carbons (Fsp3) is 0.692. The first-order valence-corrected chi connectivity index (χ1v) is 7.42. The fourth-order valence-corrected chi connectivity index (χ4v) is 3.28. The summed E-state index contributed by atoms with van der Waals surface area (Å²) in [5.74, 6) is 0. The molecule has 1 saturated heterocycles. The van der Waals surface area contributed by atoms with Gasteiger partial charge in [0.15, 0.2) is 0 Å². The normalized spacial score (nSPS) is 29.5. The summed E-state index contributed by atoms with van der Waals surface area (Å²) in [6.45, 7) is 6.19. The second-order valence-electron chi connectivity index (χ2n) is 4.93. The van der Waals surface area contributed by atoms with Crippen molar-refractivity contribution in [2.24, 2.45) is 0 Å². The molecule has 1 fully saturated rings. The van der Waals surface area contributed by atoms with Crippen molar-refractivity contribution in [2.45, 2.75) is 51.3 Å². The molecule has 2 rings (SSSR count). The van der Waals surface area contributed by atoms with Crippen molar-refractivity contribution in [1.82, 2.24) is 5.32 Å². The largest absolute Gasteiger partial charge is 0.375 e. The Kier molecular flexibility index (Phi) is 4.47. The molecular weight excluding hydrogens is 254 g/mol. The Balaban J connectivity index is 1.83. The van der Waals surface area contributed by atoms with Crippen LogP contribution < -0.4 is 5.32 Å². The molecule has 0 aliphatic carbocycles. The van der Waals surface area contributed by atoms with E-state index in [4.69, 9.17) is 16.3 Å². The number of thiophene rings is 1. The second-order valence-corrected chi connectivity index (χ2v) is 6.73. The van der Waals surface area contributed by atoms with Gasteiger partial charge in [0.25, 0.3) is 0 Å². The molecule has 0 saturated carbocycles. The highest BCUT2D eigenvalue weighted by Crippen LogP contribution is 2.28. The van der Waals surface area contributed by atoms with Crippen LogP contribution in [-0.2, 0) is 11.3 Å². The van der Waals surface area contributed by atoms with Gasteiger partial charge in [0.05, 0.1) is 9.94 Å². The lowest BCUT2D eigenvalue weighted by Crippen LogP contribution is -2.44. The van der Waals surface area contributed by atoms with Gasteiger partial charge in [0.2, 0.25) is 0 Å². The van der Waals surface area contributed by atoms with E-state index >= 15 is 0 Å². The predicted octanol–water partition coefficient (Wildman–Crippen LogP) is 3.84. The summed E-state index contributed by atoms with van der Waals surface area (Å²) in [5.41, 5.74) is 0.0585. The summed E-state index contributed by atoms with van der Waals surface area (Å²) in [6, 6.07) is 4.62. The minimum absolute atomic E-state index is 0.0585. The number of rotatable bonds is 4. The van der Waals surface area contributed by atoms with Gasteiger partial charge in [-0.15, -0.1) is 11.3 Å². The molecule has 2 atom stereocenters. The average molecular weight is 274 g/mol. The highest BCUT2D eigenvalue weighted by atomic mass is 35.5. The third-order valence-electron chi connectivity index (χ3n) is 3.54. The Hall–Kier alpha value is -0.0900. The molecule has 0 amide bonds. The number of nitrogens with one attached hydrogen (secondary N) is 1. The minimum Gasteiger partial charge on any atom is -0.375 e. The van der Waals surface area contributed by atoms with Crippen molar-refractivity contribution in [1.29, 1.82) is 0 Å². The van der Waals surface area contributed by atoms with E-state index in [-0.39, 0.29) is 5.60 Å². The maximum absolute atomic E-state index is 5.92. The van der Waals surface area contributed by atoms with Crippen LogP contribution in [0.1, 0.15) is 38.0 Å². The Morgan fingerprint density at radius 2 is 2.41 bits per heavy atom. The van der Waals surface area contributed by atoms with Gasteiger partial charge in [0.1, 0.15) is 0 Å². The maximum atomic E-state index is 5.92. The summed E-state index contributed by atoms with van der Waals surface area (Å²) >= 11 is 7.57. The van der Waals surface area contributed by atoms with Gasteiger partial charge in [0, 0.05) is 24.1 Å². The summed E-state index contributed by atoms with van der Waals surface area (Å²) < 4.78 is 6.71. The molecule has 2 heterocycles. The molecule has 1 aliphatic rings. The SMILES string of the molecule is CCC1(C)CC(NCc2ccc(Cl)s2)CCO1. The van der Waals surface area contributed by atoms with Crippen LogP contribution in [0.2, 0.25) is 4.34 Å². The zero-order chi connectivity index (χ0) is 12.3. The van der Waals surface area contributed by atoms with Gasteiger partial charge < -0.3 is 10.1 Å². The van der Waals surface area contributed by atoms with E-state index in [1.807, 2.05) is 6.07 Å². The topological polar surface area (TPSA) is 21.3 Å². The van der Waals surface area contributed by atoms with Crippen LogP contribution in [0.15, 0.2) is 12.1 Å². The summed E-state index contributed by atoms with van der Waals surface area (Å²) in [7, 11) is 0. The Morgan fingerprint density at radius 3 is 3.06 bits per heavy atom. The van der Waals surface area contributed by atoms with Crippen molar-refractivity contribution < 1.29 is 4.74 Å². The molecule has 96 valence electrons. The van der Waals surface area contributed by atoms with E-state index < -0.39 is 0 Å². The van der Waals surface area contributed by atoms with Crippen molar-refractivity contribution in [3.05, 3.63) is 21.3 Å². The molecule has 2 nitrogen and oxygen atoms in total. The molecule has 1 aromatic heterocycles. The van der Waals surface area contributed by atoms with Crippen LogP contribution in [0, 0.1) is 0 Å². The quantitative estimate of drug-likeness (QED) is 0.900. The van der Waals surface area contributed by atoms with Crippen LogP contribution >= 0.6 is 22.9 Å². The Labute approximate surface area is 112 Å². The van der Waals surface area contributed by atoms with Crippen LogP contribution in [0.25, 0.3) is 0 Å². The van der Waals surface area contributed by atoms with Gasteiger partial charge in [-0.25, -0.2) is 0 Å². The van der Waals surface area contributed by atoms with E-state index in [0.717, 1.165) is 36.8 Å². The number of hydrogen-bond donors (Lipinski definition) is 1. The van der Waals surface area contributed by atoms with Crippen molar-refractivity contribution >= 4 is 22.9 Å². The average Bonchev–Trinajstić information content (AvgIpc) is 2.73. The Bertz CT molecular complexity index is 368. The number of ether oxygens (including phenoxy) is 1. The van der Waals surface area contributed by atoms with Crippen molar-refractivity contribution in [3.8, 4) is 0 Å². The summed E-state index contributed by atoms with van der Waals surface area (Å²) in [4.78, 5) is 1.31. The molecule has 2 unspecified atom stereocenters. The van der Waals surface area contributed by atoms with Gasteiger partial charge in [-0.3, -0.25) is 0 Å². The highest BCUT2D eigenvalue weighted by molar-refractivity contribution is 7.16. The van der Waals surface area contributed by atoms with Crippen molar-refractivity contribution in [3.63, 3.8) is 0 Å². The van der Waals surface area contributed by atoms with E-state index in [1.54, 1.807) is 11.3 Å². The lowest BCUT2D eigenvalue weighted by molar-refractivity contribution is -0.0781. The first-order valence-electron chi connectivity index (χ1n) is 6.23. The van der Waals surface area contributed by atoms with Gasteiger partial charge >= 0.3 is 0 Å². The first-order chi connectivity index (χ1) is 8.11. The predicted molar refractivity (Wildman–Crippen MR) is 73.8 cm³/mol. The van der Waals surface area contributed by atoms with E-state index in [0.29, 0.717) is 6.04 Å². The molecule has 0 bridgehead atoms. The van der Waals surface area contributed by atoms with Gasteiger partial charge in [-0.1, -0.05) is 18.5 Å². The third-order valence-corrected chi connectivity index (χ3v) is 4.77. The molecule has 1 aliphatic heterocycles. The van der Waals surface area contributed by atoms with Gasteiger partial charge in [-0.2, -0.15) is 0 Å². The summed E-state index contributed by atoms with van der Waals surface area (Å²) in [6.07, 6.45) is 3.29. The summed E-state index contributed by atoms with van der Waals surface area (Å²) in [5, 5.41) is 3.61. The first kappa shape index (κ1) is 13.3. The van der Waals surface area contributed by atoms with E-state index in [2.05, 4.69) is 25.2 Å². The highest BCUT2D eigenvalue weighted by Gasteiger charge is 2.31. The monoisotopic (exact) mass is 273 g/mol. The molecule has 0 aromatic carbocycles. The molecular formula is C13H20ClNOS. The second kappa shape index (κ2) is 5.70. The van der Waals surface area contributed by atoms with E-state index in [1.165, 1.54) is 4.88 Å². The lowest BCUT2D eigenvalue weighted by Gasteiger charge is -2.38. The smallest absolute Gasteiger partial charge is 0.0931 e. The van der Waals surface area contributed by atoms with Crippen LogP contribution in [0.3, 0.4) is 0 Å². The minimum atomic E-state index is 0.0585. The number of hydrogen-bond acceptors (Lipinski definition) is 3. The fourth-order valence-electron chi connectivity index (χ4n) is 2.24. The lowest BCUT2D eigenvalue weighted by atomic mass is 9.90. The number of halogens is 1. The Morgan fingerprint density at radius 1 is 1.59 bits per heavy atom. The molecule has 0 spiro atoms. The standard InChI is InChI=1S/C13H20ClNOS/c1-3-13(2)8-10(6-7-16-13)15-9-11-4-5-12(14)17-11/h4-5,10,15H,3,6-9H2,1-2H3. The molecule has 0 radical (unpaired) electrons. The third kappa shape index (κ3) is 3.68. The maximum Gasteiger partial charge on any atom is 0.0931 e. The van der Waals surface area contributed by atoms with Crippen LogP contribution in [0.4, 0.5) is 0 Å². The zero-order valence-electron chi connectivity index (χ0n) is 10.5. The molecule has 4 heteroatoms. The molecule has 1 N–H and O–H groups in total. The zero-order valence-corrected chi connectivity index (χ0v) is 12.0. The molecule has 1 aromatic rings. The van der Waals surface area contributed by atoms with Crippen LogP contribution in [-0.4, -0.2) is 18.2 Å². The van der Waals surface area contributed by atoms with Gasteiger partial charge in [-0.05, 0) is 38.3 Å². The van der Waals surface area contributed by atoms with Crippen LogP contribution in [0.5, 0.6) is 0 Å². The van der Waals surface area contributed by atoms with Crippen molar-refractivity contribution in [2.75, 3.05) is 6.61 Å².